The fourth-order valence-corrected chi connectivity index (χ4v) is 3.01. The first-order valence-electron chi connectivity index (χ1n) is 8.16. The van der Waals surface area contributed by atoms with Crippen molar-refractivity contribution in [1.82, 2.24) is 10.1 Å². The van der Waals surface area contributed by atoms with E-state index in [1.165, 1.54) is 11.0 Å². The number of aromatic hydroxyl groups is 1. The molecule has 7 heteroatoms. The van der Waals surface area contributed by atoms with Crippen molar-refractivity contribution in [1.29, 1.82) is 0 Å². The van der Waals surface area contributed by atoms with Crippen molar-refractivity contribution in [2.24, 2.45) is 0 Å². The zero-order valence-corrected chi connectivity index (χ0v) is 14.2. The molecule has 0 spiro atoms. The molecule has 1 amide bonds. The summed E-state index contributed by atoms with van der Waals surface area (Å²) >= 11 is 0. The van der Waals surface area contributed by atoms with E-state index in [1.807, 2.05) is 0 Å². The molecule has 0 bridgehead atoms. The van der Waals surface area contributed by atoms with E-state index in [2.05, 4.69) is 5.16 Å². The molecule has 0 aliphatic carbocycles. The molecule has 7 nitrogen and oxygen atoms in total. The summed E-state index contributed by atoms with van der Waals surface area (Å²) in [7, 11) is 0. The summed E-state index contributed by atoms with van der Waals surface area (Å²) in [6.45, 7) is 4.06. The number of nitrogens with zero attached hydrogens (tertiary/aromatic N) is 2. The van der Waals surface area contributed by atoms with Crippen LogP contribution in [0.1, 0.15) is 40.2 Å². The average Bonchev–Trinajstić information content (AvgIpc) is 3.20. The van der Waals surface area contributed by atoms with Gasteiger partial charge in [0, 0.05) is 6.54 Å². The highest BCUT2D eigenvalue weighted by atomic mass is 16.5. The lowest BCUT2D eigenvalue weighted by Crippen LogP contribution is -2.41. The largest absolute Gasteiger partial charge is 0.507 e. The Balaban J connectivity index is 1.70. The van der Waals surface area contributed by atoms with Crippen molar-refractivity contribution in [3.63, 3.8) is 0 Å². The van der Waals surface area contributed by atoms with Gasteiger partial charge >= 0.3 is 5.97 Å². The first-order valence-corrected chi connectivity index (χ1v) is 8.16. The van der Waals surface area contributed by atoms with Crippen LogP contribution in [0.15, 0.2) is 28.8 Å². The van der Waals surface area contributed by atoms with Crippen LogP contribution in [0.25, 0.3) is 0 Å². The molecular formula is C18H20N2O5. The SMILES string of the molecule is Cc1noc(C)c1COC(=O)[C@@H]1CCCN1C(=O)c1ccccc1O. The highest BCUT2D eigenvalue weighted by Crippen LogP contribution is 2.25. The van der Waals surface area contributed by atoms with Gasteiger partial charge in [0.25, 0.3) is 5.91 Å². The Kier molecular flexibility index (Phi) is 4.74. The number of aryl methyl sites for hydroxylation is 2. The quantitative estimate of drug-likeness (QED) is 0.856. The summed E-state index contributed by atoms with van der Waals surface area (Å²) < 4.78 is 10.4. The predicted octanol–water partition coefficient (Wildman–Crippen LogP) is 2.35. The Bertz CT molecular complexity index is 779. The molecule has 1 saturated heterocycles. The van der Waals surface area contributed by atoms with Crippen molar-refractivity contribution in [2.75, 3.05) is 6.54 Å². The minimum Gasteiger partial charge on any atom is -0.507 e. The number of esters is 1. The number of rotatable bonds is 4. The maximum absolute atomic E-state index is 12.7. The summed E-state index contributed by atoms with van der Waals surface area (Å²) in [4.78, 5) is 26.6. The maximum Gasteiger partial charge on any atom is 0.329 e. The Morgan fingerprint density at radius 3 is 2.80 bits per heavy atom. The summed E-state index contributed by atoms with van der Waals surface area (Å²) in [5, 5.41) is 13.7. The minimum absolute atomic E-state index is 0.0646. The van der Waals surface area contributed by atoms with Gasteiger partial charge in [0.2, 0.25) is 0 Å². The molecule has 0 unspecified atom stereocenters. The molecule has 1 atom stereocenters. The van der Waals surface area contributed by atoms with Gasteiger partial charge in [0.05, 0.1) is 16.8 Å². The number of hydrogen-bond acceptors (Lipinski definition) is 6. The zero-order valence-electron chi connectivity index (χ0n) is 14.2. The Morgan fingerprint density at radius 2 is 2.12 bits per heavy atom. The van der Waals surface area contributed by atoms with Gasteiger partial charge in [-0.2, -0.15) is 0 Å². The van der Waals surface area contributed by atoms with Crippen molar-refractivity contribution >= 4 is 11.9 Å². The fraction of sp³-hybridized carbons (Fsp3) is 0.389. The molecule has 25 heavy (non-hydrogen) atoms. The number of phenols is 1. The average molecular weight is 344 g/mol. The molecule has 1 N–H and O–H groups in total. The summed E-state index contributed by atoms with van der Waals surface area (Å²) in [5.74, 6) is -0.308. The Hall–Kier alpha value is -2.83. The molecule has 1 aromatic heterocycles. The number of aromatic nitrogens is 1. The monoisotopic (exact) mass is 344 g/mol. The van der Waals surface area contributed by atoms with Gasteiger partial charge in [0.1, 0.15) is 24.2 Å². The van der Waals surface area contributed by atoms with Gasteiger partial charge in [-0.3, -0.25) is 4.79 Å². The molecule has 1 aliphatic heterocycles. The second-order valence-electron chi connectivity index (χ2n) is 6.08. The van der Waals surface area contributed by atoms with E-state index in [0.717, 1.165) is 5.56 Å². The van der Waals surface area contributed by atoms with Gasteiger partial charge in [-0.25, -0.2) is 4.79 Å². The van der Waals surface area contributed by atoms with Crippen LogP contribution in [-0.4, -0.2) is 39.6 Å². The topological polar surface area (TPSA) is 92.9 Å². The van der Waals surface area contributed by atoms with Crippen LogP contribution in [0.4, 0.5) is 0 Å². The molecule has 2 aromatic rings. The summed E-state index contributed by atoms with van der Waals surface area (Å²) in [5.41, 5.74) is 1.61. The van der Waals surface area contributed by atoms with Gasteiger partial charge < -0.3 is 19.3 Å². The van der Waals surface area contributed by atoms with Gasteiger partial charge in [-0.05, 0) is 38.8 Å². The first-order chi connectivity index (χ1) is 12.0. The minimum atomic E-state index is -0.646. The van der Waals surface area contributed by atoms with Crippen LogP contribution in [0, 0.1) is 13.8 Å². The van der Waals surface area contributed by atoms with Crippen LogP contribution in [0.2, 0.25) is 0 Å². The number of ether oxygens (including phenoxy) is 1. The molecule has 0 radical (unpaired) electrons. The third-order valence-corrected chi connectivity index (χ3v) is 4.46. The first kappa shape index (κ1) is 17.0. The van der Waals surface area contributed by atoms with Crippen LogP contribution in [-0.2, 0) is 16.1 Å². The highest BCUT2D eigenvalue weighted by molar-refractivity contribution is 5.99. The molecule has 132 valence electrons. The molecule has 1 aromatic carbocycles. The van der Waals surface area contributed by atoms with Gasteiger partial charge in [-0.1, -0.05) is 17.3 Å². The number of phenolic OH excluding ortho intramolecular Hbond substituents is 1. The number of amides is 1. The number of likely N-dealkylation sites (tertiary alicyclic amines) is 1. The lowest BCUT2D eigenvalue weighted by molar-refractivity contribution is -0.149. The standard InChI is InChI=1S/C18H20N2O5/c1-11-14(12(2)25-19-11)10-24-18(23)15-7-5-9-20(15)17(22)13-6-3-4-8-16(13)21/h3-4,6,8,15,21H,5,7,9-10H2,1-2H3/t15-/m0/s1. The summed E-state index contributed by atoms with van der Waals surface area (Å²) in [6, 6.07) is 5.67. The van der Waals surface area contributed by atoms with Crippen LogP contribution >= 0.6 is 0 Å². The third kappa shape index (κ3) is 3.35. The van der Waals surface area contributed by atoms with E-state index in [0.29, 0.717) is 30.8 Å². The third-order valence-electron chi connectivity index (χ3n) is 4.46. The summed E-state index contributed by atoms with van der Waals surface area (Å²) in [6.07, 6.45) is 1.25. The van der Waals surface area contributed by atoms with E-state index in [1.54, 1.807) is 32.0 Å². The zero-order chi connectivity index (χ0) is 18.0. The van der Waals surface area contributed by atoms with Crippen molar-refractivity contribution < 1.29 is 24.0 Å². The van der Waals surface area contributed by atoms with Gasteiger partial charge in [-0.15, -0.1) is 0 Å². The molecule has 1 fully saturated rings. The van der Waals surface area contributed by atoms with E-state index < -0.39 is 12.0 Å². The van der Waals surface area contributed by atoms with Crippen LogP contribution in [0.3, 0.4) is 0 Å². The Morgan fingerprint density at radius 1 is 1.36 bits per heavy atom. The van der Waals surface area contributed by atoms with Gasteiger partial charge in [0.15, 0.2) is 0 Å². The predicted molar refractivity (Wildman–Crippen MR) is 87.9 cm³/mol. The fourth-order valence-electron chi connectivity index (χ4n) is 3.01. The Labute approximate surface area is 145 Å². The van der Waals surface area contributed by atoms with E-state index in [9.17, 15) is 14.7 Å². The van der Waals surface area contributed by atoms with E-state index in [-0.39, 0.29) is 23.8 Å². The maximum atomic E-state index is 12.7. The van der Waals surface area contributed by atoms with Crippen molar-refractivity contribution in [3.8, 4) is 5.75 Å². The smallest absolute Gasteiger partial charge is 0.329 e. The number of para-hydroxylation sites is 1. The molecule has 0 saturated carbocycles. The second kappa shape index (κ2) is 6.96. The van der Waals surface area contributed by atoms with E-state index in [4.69, 9.17) is 9.26 Å². The van der Waals surface area contributed by atoms with Crippen LogP contribution in [0.5, 0.6) is 5.75 Å². The van der Waals surface area contributed by atoms with Crippen molar-refractivity contribution in [3.05, 3.63) is 46.8 Å². The molecule has 3 rings (SSSR count). The lowest BCUT2D eigenvalue weighted by atomic mass is 10.1. The van der Waals surface area contributed by atoms with Crippen molar-refractivity contribution in [2.45, 2.75) is 39.3 Å². The highest BCUT2D eigenvalue weighted by Gasteiger charge is 2.36. The van der Waals surface area contributed by atoms with E-state index >= 15 is 0 Å². The van der Waals surface area contributed by atoms with Crippen LogP contribution < -0.4 is 0 Å². The number of carbonyl (C=O) groups excluding carboxylic acids is 2. The normalized spacial score (nSPS) is 16.9. The molecular weight excluding hydrogens is 324 g/mol. The number of hydrogen-bond donors (Lipinski definition) is 1. The lowest BCUT2D eigenvalue weighted by Gasteiger charge is -2.23. The number of benzene rings is 1. The molecule has 2 heterocycles. The second-order valence-corrected chi connectivity index (χ2v) is 6.08. The number of carbonyl (C=O) groups is 2. The molecule has 1 aliphatic rings.